The fraction of sp³-hybridized carbons (Fsp3) is 0.346. The van der Waals surface area contributed by atoms with Gasteiger partial charge in [-0.15, -0.1) is 0 Å². The van der Waals surface area contributed by atoms with E-state index in [0.29, 0.717) is 18.0 Å². The van der Waals surface area contributed by atoms with E-state index in [0.717, 1.165) is 37.9 Å². The number of rotatable bonds is 8. The first kappa shape index (κ1) is 22.4. The van der Waals surface area contributed by atoms with Crippen molar-refractivity contribution in [2.45, 2.75) is 38.4 Å². The summed E-state index contributed by atoms with van der Waals surface area (Å²) >= 11 is 1.71. The Balaban J connectivity index is 1.38. The van der Waals surface area contributed by atoms with Crippen LogP contribution in [-0.2, 0) is 17.9 Å². The van der Waals surface area contributed by atoms with Crippen molar-refractivity contribution < 1.29 is 14.3 Å². The van der Waals surface area contributed by atoms with Gasteiger partial charge in [-0.25, -0.2) is 0 Å². The van der Waals surface area contributed by atoms with Gasteiger partial charge in [-0.2, -0.15) is 11.3 Å². The van der Waals surface area contributed by atoms with Gasteiger partial charge in [0.15, 0.2) is 11.5 Å². The molecular formula is C26H30N2O3S. The molecule has 2 aromatic carbocycles. The number of likely N-dealkylation sites (tertiary alicyclic amines) is 1. The quantitative estimate of drug-likeness (QED) is 0.519. The molecule has 5 nitrogen and oxygen atoms in total. The number of piperidine rings is 1. The molecule has 3 aromatic rings. The average Bonchev–Trinajstić information content (AvgIpc) is 3.38. The lowest BCUT2D eigenvalue weighted by atomic mass is 9.99. The third kappa shape index (κ3) is 5.31. The Labute approximate surface area is 194 Å². The van der Waals surface area contributed by atoms with Crippen molar-refractivity contribution in [3.8, 4) is 22.6 Å². The maximum absolute atomic E-state index is 13.1. The van der Waals surface area contributed by atoms with Gasteiger partial charge in [0.2, 0.25) is 5.91 Å². The molecule has 0 radical (unpaired) electrons. The number of hydrogen-bond donors (Lipinski definition) is 1. The van der Waals surface area contributed by atoms with E-state index in [2.05, 4.69) is 51.3 Å². The highest BCUT2D eigenvalue weighted by Gasteiger charge is 2.28. The fourth-order valence-corrected chi connectivity index (χ4v) is 4.91. The van der Waals surface area contributed by atoms with Crippen LogP contribution in [0.5, 0.6) is 11.5 Å². The number of benzene rings is 2. The minimum Gasteiger partial charge on any atom is -0.493 e. The molecule has 0 spiro atoms. The SMILES string of the molecule is COc1ccc(CNC(=O)C2CCCCN2Cc2ccc(-c3ccsc3)cc2)cc1OC. The van der Waals surface area contributed by atoms with Gasteiger partial charge in [0, 0.05) is 13.1 Å². The Morgan fingerprint density at radius 2 is 1.78 bits per heavy atom. The van der Waals surface area contributed by atoms with Gasteiger partial charge in [0.25, 0.3) is 0 Å². The normalized spacial score (nSPS) is 16.5. The molecule has 0 bridgehead atoms. The van der Waals surface area contributed by atoms with Crippen molar-refractivity contribution in [1.29, 1.82) is 0 Å². The molecule has 6 heteroatoms. The Kier molecular flexibility index (Phi) is 7.45. The number of amides is 1. The monoisotopic (exact) mass is 450 g/mol. The van der Waals surface area contributed by atoms with Crippen molar-refractivity contribution in [3.05, 3.63) is 70.4 Å². The molecule has 1 N–H and O–H groups in total. The lowest BCUT2D eigenvalue weighted by Gasteiger charge is -2.34. The molecule has 0 saturated carbocycles. The number of thiophene rings is 1. The minimum absolute atomic E-state index is 0.0920. The van der Waals surface area contributed by atoms with Crippen LogP contribution in [0.2, 0.25) is 0 Å². The van der Waals surface area contributed by atoms with Gasteiger partial charge in [-0.3, -0.25) is 9.69 Å². The van der Waals surface area contributed by atoms with Crippen LogP contribution >= 0.6 is 11.3 Å². The first-order valence-electron chi connectivity index (χ1n) is 11.0. The van der Waals surface area contributed by atoms with Crippen LogP contribution < -0.4 is 14.8 Å². The van der Waals surface area contributed by atoms with E-state index < -0.39 is 0 Å². The second-order valence-corrected chi connectivity index (χ2v) is 8.88. The van der Waals surface area contributed by atoms with E-state index in [-0.39, 0.29) is 11.9 Å². The first-order valence-corrected chi connectivity index (χ1v) is 12.0. The van der Waals surface area contributed by atoms with Crippen LogP contribution in [0.3, 0.4) is 0 Å². The second kappa shape index (κ2) is 10.7. The summed E-state index contributed by atoms with van der Waals surface area (Å²) in [4.78, 5) is 15.4. The molecule has 1 aromatic heterocycles. The molecule has 1 fully saturated rings. The highest BCUT2D eigenvalue weighted by Crippen LogP contribution is 2.28. The Morgan fingerprint density at radius 3 is 2.50 bits per heavy atom. The van der Waals surface area contributed by atoms with Crippen molar-refractivity contribution in [2.75, 3.05) is 20.8 Å². The lowest BCUT2D eigenvalue weighted by molar-refractivity contribution is -0.128. The Morgan fingerprint density at radius 1 is 1.00 bits per heavy atom. The van der Waals surface area contributed by atoms with Crippen LogP contribution in [0.25, 0.3) is 11.1 Å². The highest BCUT2D eigenvalue weighted by atomic mass is 32.1. The van der Waals surface area contributed by atoms with E-state index in [4.69, 9.17) is 9.47 Å². The molecule has 1 amide bonds. The average molecular weight is 451 g/mol. The summed E-state index contributed by atoms with van der Waals surface area (Å²) in [7, 11) is 3.24. The maximum Gasteiger partial charge on any atom is 0.237 e. The Hall–Kier alpha value is -2.83. The molecule has 168 valence electrons. The number of nitrogens with one attached hydrogen (secondary N) is 1. The van der Waals surface area contributed by atoms with Gasteiger partial charge in [-0.05, 0) is 70.6 Å². The molecular weight excluding hydrogens is 420 g/mol. The van der Waals surface area contributed by atoms with Crippen LogP contribution in [0.1, 0.15) is 30.4 Å². The molecule has 1 atom stereocenters. The van der Waals surface area contributed by atoms with Crippen molar-refractivity contribution in [2.24, 2.45) is 0 Å². The molecule has 1 saturated heterocycles. The standard InChI is InChI=1S/C26H30N2O3S/c1-30-24-11-8-20(15-25(24)31-2)16-27-26(29)23-5-3-4-13-28(23)17-19-6-9-21(10-7-19)22-12-14-32-18-22/h6-12,14-15,18,23H,3-5,13,16-17H2,1-2H3,(H,27,29). The van der Waals surface area contributed by atoms with Crippen molar-refractivity contribution in [1.82, 2.24) is 10.2 Å². The zero-order chi connectivity index (χ0) is 22.3. The van der Waals surface area contributed by atoms with Gasteiger partial charge in [0.05, 0.1) is 20.3 Å². The summed E-state index contributed by atoms with van der Waals surface area (Å²) < 4.78 is 10.7. The molecule has 1 aliphatic rings. The summed E-state index contributed by atoms with van der Waals surface area (Å²) in [5, 5.41) is 7.39. The molecule has 4 rings (SSSR count). The maximum atomic E-state index is 13.1. The number of methoxy groups -OCH3 is 2. The Bertz CT molecular complexity index is 1020. The summed E-state index contributed by atoms with van der Waals surface area (Å²) in [5.74, 6) is 1.45. The predicted octanol–water partition coefficient (Wildman–Crippen LogP) is 5.10. The third-order valence-corrected chi connectivity index (χ3v) is 6.71. The van der Waals surface area contributed by atoms with E-state index >= 15 is 0 Å². The van der Waals surface area contributed by atoms with Gasteiger partial charge >= 0.3 is 0 Å². The lowest BCUT2D eigenvalue weighted by Crippen LogP contribution is -2.48. The topological polar surface area (TPSA) is 50.8 Å². The highest BCUT2D eigenvalue weighted by molar-refractivity contribution is 7.08. The minimum atomic E-state index is -0.0968. The van der Waals surface area contributed by atoms with E-state index in [1.807, 2.05) is 18.2 Å². The molecule has 32 heavy (non-hydrogen) atoms. The van der Waals surface area contributed by atoms with Gasteiger partial charge in [-0.1, -0.05) is 36.8 Å². The van der Waals surface area contributed by atoms with E-state index in [9.17, 15) is 4.79 Å². The van der Waals surface area contributed by atoms with Crippen LogP contribution in [0, 0.1) is 0 Å². The van der Waals surface area contributed by atoms with E-state index in [1.54, 1.807) is 25.6 Å². The van der Waals surface area contributed by atoms with Gasteiger partial charge < -0.3 is 14.8 Å². The summed E-state index contributed by atoms with van der Waals surface area (Å²) in [6, 6.07) is 16.5. The number of ether oxygens (including phenoxy) is 2. The largest absolute Gasteiger partial charge is 0.493 e. The van der Waals surface area contributed by atoms with Crippen molar-refractivity contribution >= 4 is 17.2 Å². The second-order valence-electron chi connectivity index (χ2n) is 8.10. The first-order chi connectivity index (χ1) is 15.7. The predicted molar refractivity (Wildman–Crippen MR) is 129 cm³/mol. The third-order valence-electron chi connectivity index (χ3n) is 6.03. The fourth-order valence-electron chi connectivity index (χ4n) is 4.24. The van der Waals surface area contributed by atoms with Gasteiger partial charge in [0.1, 0.15) is 0 Å². The zero-order valence-electron chi connectivity index (χ0n) is 18.7. The number of hydrogen-bond acceptors (Lipinski definition) is 5. The van der Waals surface area contributed by atoms with Crippen LogP contribution in [-0.4, -0.2) is 37.6 Å². The molecule has 1 aliphatic heterocycles. The molecule has 1 unspecified atom stereocenters. The van der Waals surface area contributed by atoms with Crippen molar-refractivity contribution in [3.63, 3.8) is 0 Å². The smallest absolute Gasteiger partial charge is 0.237 e. The summed E-state index contributed by atoms with van der Waals surface area (Å²) in [6.45, 7) is 2.21. The number of carbonyl (C=O) groups is 1. The molecule has 2 heterocycles. The number of carbonyl (C=O) groups excluding carboxylic acids is 1. The number of nitrogens with zero attached hydrogens (tertiary/aromatic N) is 1. The van der Waals surface area contributed by atoms with E-state index in [1.165, 1.54) is 16.7 Å². The van der Waals surface area contributed by atoms with Crippen LogP contribution in [0.15, 0.2) is 59.3 Å². The van der Waals surface area contributed by atoms with Crippen LogP contribution in [0.4, 0.5) is 0 Å². The summed E-state index contributed by atoms with van der Waals surface area (Å²) in [5.41, 5.74) is 4.72. The summed E-state index contributed by atoms with van der Waals surface area (Å²) in [6.07, 6.45) is 3.11. The molecule has 0 aliphatic carbocycles. The zero-order valence-corrected chi connectivity index (χ0v) is 19.5.